The molecule has 1 saturated heterocycles. The van der Waals surface area contributed by atoms with Gasteiger partial charge in [0, 0.05) is 45.7 Å². The van der Waals surface area contributed by atoms with E-state index in [2.05, 4.69) is 22.5 Å². The van der Waals surface area contributed by atoms with E-state index in [4.69, 9.17) is 0 Å². The van der Waals surface area contributed by atoms with Crippen molar-refractivity contribution in [2.24, 2.45) is 0 Å². The maximum absolute atomic E-state index is 11.5. The Morgan fingerprint density at radius 2 is 2.00 bits per heavy atom. The molecule has 0 aromatic carbocycles. The molecule has 2 N–H and O–H groups in total. The first-order valence-electron chi connectivity index (χ1n) is 7.02. The summed E-state index contributed by atoms with van der Waals surface area (Å²) in [5.41, 5.74) is 0. The van der Waals surface area contributed by atoms with E-state index in [9.17, 15) is 4.79 Å². The summed E-state index contributed by atoms with van der Waals surface area (Å²) in [6, 6.07) is 0. The Balaban J connectivity index is 1.92. The summed E-state index contributed by atoms with van der Waals surface area (Å²) >= 11 is 0. The van der Waals surface area contributed by atoms with Crippen LogP contribution in [0.1, 0.15) is 39.0 Å². The van der Waals surface area contributed by atoms with Crippen molar-refractivity contribution in [2.45, 2.75) is 39.0 Å². The van der Waals surface area contributed by atoms with Crippen LogP contribution in [-0.2, 0) is 4.79 Å². The minimum atomic E-state index is 0.219. The van der Waals surface area contributed by atoms with Crippen molar-refractivity contribution in [3.63, 3.8) is 0 Å². The number of rotatable bonds is 8. The average molecular weight is 241 g/mol. The molecule has 100 valence electrons. The van der Waals surface area contributed by atoms with Crippen LogP contribution in [0.15, 0.2) is 0 Å². The molecule has 0 aromatic rings. The molecule has 0 radical (unpaired) electrons. The van der Waals surface area contributed by atoms with E-state index in [1.165, 1.54) is 19.3 Å². The topological polar surface area (TPSA) is 44.4 Å². The molecule has 0 unspecified atom stereocenters. The Bertz CT molecular complexity index is 203. The second-order valence-electron chi connectivity index (χ2n) is 4.75. The molecule has 0 bridgehead atoms. The predicted molar refractivity (Wildman–Crippen MR) is 71.1 cm³/mol. The minimum Gasteiger partial charge on any atom is -0.355 e. The highest BCUT2D eigenvalue weighted by atomic mass is 16.1. The summed E-state index contributed by atoms with van der Waals surface area (Å²) in [4.78, 5) is 13.9. The third-order valence-corrected chi connectivity index (χ3v) is 3.22. The highest BCUT2D eigenvalue weighted by molar-refractivity contribution is 5.75. The summed E-state index contributed by atoms with van der Waals surface area (Å²) in [6.45, 7) is 8.33. The molecule has 0 saturated carbocycles. The zero-order valence-corrected chi connectivity index (χ0v) is 11.1. The first kappa shape index (κ1) is 14.5. The highest BCUT2D eigenvalue weighted by Gasteiger charge is 2.09. The van der Waals surface area contributed by atoms with Crippen molar-refractivity contribution in [3.8, 4) is 0 Å². The molecule has 4 nitrogen and oxygen atoms in total. The standard InChI is InChI=1S/C13H27N3O/c1-2-3-4-5-6-13(17)15-9-12-16-10-7-14-8-11-16/h14H,2-12H2,1H3,(H,15,17). The van der Waals surface area contributed by atoms with Crippen molar-refractivity contribution < 1.29 is 4.79 Å². The van der Waals surface area contributed by atoms with Gasteiger partial charge in [0.15, 0.2) is 0 Å². The lowest BCUT2D eigenvalue weighted by molar-refractivity contribution is -0.121. The van der Waals surface area contributed by atoms with Gasteiger partial charge in [-0.25, -0.2) is 0 Å². The molecule has 1 rings (SSSR count). The Labute approximate surface area is 105 Å². The first-order chi connectivity index (χ1) is 8.33. The summed E-state index contributed by atoms with van der Waals surface area (Å²) in [7, 11) is 0. The van der Waals surface area contributed by atoms with Gasteiger partial charge < -0.3 is 10.6 Å². The molecule has 4 heteroatoms. The second-order valence-corrected chi connectivity index (χ2v) is 4.75. The number of carbonyl (C=O) groups is 1. The summed E-state index contributed by atoms with van der Waals surface area (Å²) in [5, 5.41) is 6.33. The summed E-state index contributed by atoms with van der Waals surface area (Å²) in [5.74, 6) is 0.219. The third-order valence-electron chi connectivity index (χ3n) is 3.22. The van der Waals surface area contributed by atoms with Gasteiger partial charge in [0.05, 0.1) is 0 Å². The van der Waals surface area contributed by atoms with Crippen molar-refractivity contribution in [1.82, 2.24) is 15.5 Å². The second kappa shape index (κ2) is 9.42. The fourth-order valence-corrected chi connectivity index (χ4v) is 2.09. The first-order valence-corrected chi connectivity index (χ1v) is 7.02. The van der Waals surface area contributed by atoms with Crippen LogP contribution in [0.5, 0.6) is 0 Å². The lowest BCUT2D eigenvalue weighted by atomic mass is 10.1. The van der Waals surface area contributed by atoms with Gasteiger partial charge in [-0.2, -0.15) is 0 Å². The van der Waals surface area contributed by atoms with Crippen LogP contribution >= 0.6 is 0 Å². The SMILES string of the molecule is CCCCCCC(=O)NCCN1CCNCC1. The molecule has 17 heavy (non-hydrogen) atoms. The molecule has 1 amide bonds. The minimum absolute atomic E-state index is 0.219. The number of hydrogen-bond donors (Lipinski definition) is 2. The Morgan fingerprint density at radius 3 is 2.71 bits per heavy atom. The van der Waals surface area contributed by atoms with Crippen LogP contribution in [0.25, 0.3) is 0 Å². The molecule has 1 heterocycles. The summed E-state index contributed by atoms with van der Waals surface area (Å²) in [6.07, 6.45) is 5.38. The molecule has 1 aliphatic heterocycles. The molecule has 1 aliphatic rings. The van der Waals surface area contributed by atoms with Crippen LogP contribution in [-0.4, -0.2) is 50.1 Å². The van der Waals surface area contributed by atoms with Gasteiger partial charge in [-0.05, 0) is 6.42 Å². The smallest absolute Gasteiger partial charge is 0.220 e. The number of amides is 1. The van der Waals surface area contributed by atoms with E-state index in [1.54, 1.807) is 0 Å². The van der Waals surface area contributed by atoms with Crippen molar-refractivity contribution in [1.29, 1.82) is 0 Å². The molecule has 0 spiro atoms. The Kier molecular flexibility index (Phi) is 8.01. The van der Waals surface area contributed by atoms with Gasteiger partial charge in [0.2, 0.25) is 5.91 Å². The van der Waals surface area contributed by atoms with Gasteiger partial charge in [-0.3, -0.25) is 9.69 Å². The van der Waals surface area contributed by atoms with Gasteiger partial charge in [-0.15, -0.1) is 0 Å². The molecular formula is C13H27N3O. The van der Waals surface area contributed by atoms with E-state index in [0.717, 1.165) is 45.7 Å². The largest absolute Gasteiger partial charge is 0.355 e. The van der Waals surface area contributed by atoms with E-state index in [1.807, 2.05) is 0 Å². The number of nitrogens with zero attached hydrogens (tertiary/aromatic N) is 1. The van der Waals surface area contributed by atoms with Crippen LogP contribution in [0.3, 0.4) is 0 Å². The predicted octanol–water partition coefficient (Wildman–Crippen LogP) is 0.978. The van der Waals surface area contributed by atoms with Gasteiger partial charge in [0.25, 0.3) is 0 Å². The maximum Gasteiger partial charge on any atom is 0.220 e. The Hall–Kier alpha value is -0.610. The zero-order chi connectivity index (χ0) is 12.3. The zero-order valence-electron chi connectivity index (χ0n) is 11.1. The monoisotopic (exact) mass is 241 g/mol. The lowest BCUT2D eigenvalue weighted by Crippen LogP contribution is -2.46. The van der Waals surface area contributed by atoms with Gasteiger partial charge >= 0.3 is 0 Å². The normalized spacial score (nSPS) is 17.0. The Morgan fingerprint density at radius 1 is 1.24 bits per heavy atom. The van der Waals surface area contributed by atoms with E-state index in [0.29, 0.717) is 6.42 Å². The van der Waals surface area contributed by atoms with E-state index in [-0.39, 0.29) is 5.91 Å². The highest BCUT2D eigenvalue weighted by Crippen LogP contribution is 2.01. The number of nitrogens with one attached hydrogen (secondary N) is 2. The van der Waals surface area contributed by atoms with Crippen molar-refractivity contribution in [3.05, 3.63) is 0 Å². The fraction of sp³-hybridized carbons (Fsp3) is 0.923. The van der Waals surface area contributed by atoms with Crippen LogP contribution in [0, 0.1) is 0 Å². The fourth-order valence-electron chi connectivity index (χ4n) is 2.09. The lowest BCUT2D eigenvalue weighted by Gasteiger charge is -2.27. The van der Waals surface area contributed by atoms with Gasteiger partial charge in [0.1, 0.15) is 0 Å². The molecule has 1 fully saturated rings. The van der Waals surface area contributed by atoms with Crippen LogP contribution < -0.4 is 10.6 Å². The number of unbranched alkanes of at least 4 members (excludes halogenated alkanes) is 3. The molecule has 0 aromatic heterocycles. The van der Waals surface area contributed by atoms with Crippen molar-refractivity contribution >= 4 is 5.91 Å². The number of hydrogen-bond acceptors (Lipinski definition) is 3. The van der Waals surface area contributed by atoms with E-state index >= 15 is 0 Å². The summed E-state index contributed by atoms with van der Waals surface area (Å²) < 4.78 is 0. The molecule has 0 atom stereocenters. The van der Waals surface area contributed by atoms with E-state index < -0.39 is 0 Å². The number of piperazine rings is 1. The molecule has 0 aliphatic carbocycles. The van der Waals surface area contributed by atoms with Gasteiger partial charge in [-0.1, -0.05) is 26.2 Å². The quantitative estimate of drug-likeness (QED) is 0.623. The molecular weight excluding hydrogens is 214 g/mol. The van der Waals surface area contributed by atoms with Crippen LogP contribution in [0.4, 0.5) is 0 Å². The maximum atomic E-state index is 11.5. The third kappa shape index (κ3) is 7.34. The van der Waals surface area contributed by atoms with Crippen LogP contribution in [0.2, 0.25) is 0 Å². The number of carbonyl (C=O) groups excluding carboxylic acids is 1. The average Bonchev–Trinajstić information content (AvgIpc) is 2.36. The van der Waals surface area contributed by atoms with Crippen molar-refractivity contribution in [2.75, 3.05) is 39.3 Å².